The number of methoxy groups -OCH3 is 2. The quantitative estimate of drug-likeness (QED) is 0.436. The number of ether oxygens (including phenoxy) is 2. The lowest BCUT2D eigenvalue weighted by atomic mass is 10.2. The number of rotatable bonds is 6. The van der Waals surface area contributed by atoms with Gasteiger partial charge in [0.15, 0.2) is 0 Å². The minimum Gasteiger partial charge on any atom is -0.495 e. The van der Waals surface area contributed by atoms with Gasteiger partial charge in [0.1, 0.15) is 39.5 Å². The van der Waals surface area contributed by atoms with Crippen LogP contribution in [0.2, 0.25) is 10.0 Å². The molecule has 0 saturated carbocycles. The first-order chi connectivity index (χ1) is 14.6. The summed E-state index contributed by atoms with van der Waals surface area (Å²) in [4.78, 5) is 13.3. The molecule has 0 unspecified atom stereocenters. The predicted octanol–water partition coefficient (Wildman–Crippen LogP) is 4.92. The lowest BCUT2D eigenvalue weighted by Crippen LogP contribution is -2.06. The van der Waals surface area contributed by atoms with Crippen molar-refractivity contribution in [2.24, 2.45) is 0 Å². The van der Waals surface area contributed by atoms with Gasteiger partial charge in [0.25, 0.3) is 0 Å². The van der Waals surface area contributed by atoms with Crippen LogP contribution >= 0.6 is 23.2 Å². The summed E-state index contributed by atoms with van der Waals surface area (Å²) < 4.78 is 12.6. The average molecular weight is 445 g/mol. The molecule has 2 N–H and O–H groups in total. The molecular formula is C20H18Cl2N6O2. The van der Waals surface area contributed by atoms with Crippen LogP contribution in [-0.4, -0.2) is 40.8 Å². The number of imidazole rings is 1. The molecular weight excluding hydrogens is 427 g/mol. The van der Waals surface area contributed by atoms with Crippen molar-refractivity contribution in [2.45, 2.75) is 0 Å². The first kappa shape index (κ1) is 20.1. The Balaban J connectivity index is 1.93. The molecule has 0 aliphatic carbocycles. The van der Waals surface area contributed by atoms with Crippen molar-refractivity contribution in [3.05, 3.63) is 52.8 Å². The first-order valence-electron chi connectivity index (χ1n) is 8.92. The van der Waals surface area contributed by atoms with E-state index in [1.807, 2.05) is 34.9 Å². The molecule has 0 atom stereocenters. The highest BCUT2D eigenvalue weighted by Gasteiger charge is 2.21. The molecule has 0 spiro atoms. The summed E-state index contributed by atoms with van der Waals surface area (Å²) in [6.07, 6.45) is 1.48. The van der Waals surface area contributed by atoms with Gasteiger partial charge >= 0.3 is 0 Å². The highest BCUT2D eigenvalue weighted by molar-refractivity contribution is 6.41. The molecule has 2 aromatic carbocycles. The van der Waals surface area contributed by atoms with E-state index in [2.05, 4.69) is 20.6 Å². The zero-order chi connectivity index (χ0) is 21.3. The highest BCUT2D eigenvalue weighted by Crippen LogP contribution is 2.45. The summed E-state index contributed by atoms with van der Waals surface area (Å²) in [6, 6.07) is 11.1. The number of anilines is 3. The Morgan fingerprint density at radius 2 is 1.67 bits per heavy atom. The number of hydrogen-bond donors (Lipinski definition) is 2. The smallest absolute Gasteiger partial charge is 0.214 e. The molecule has 4 aromatic rings. The fourth-order valence-electron chi connectivity index (χ4n) is 3.05. The summed E-state index contributed by atoms with van der Waals surface area (Å²) in [5.41, 5.74) is 2.03. The van der Waals surface area contributed by atoms with Crippen LogP contribution in [0.5, 0.6) is 11.5 Å². The van der Waals surface area contributed by atoms with Gasteiger partial charge in [0, 0.05) is 19.2 Å². The third-order valence-electron chi connectivity index (χ3n) is 4.51. The molecule has 2 heterocycles. The van der Waals surface area contributed by atoms with Gasteiger partial charge in [-0.1, -0.05) is 35.3 Å². The minimum absolute atomic E-state index is 0.306. The van der Waals surface area contributed by atoms with Crippen LogP contribution in [0.3, 0.4) is 0 Å². The number of nitrogens with zero attached hydrogens (tertiary/aromatic N) is 4. The molecule has 8 nitrogen and oxygen atoms in total. The number of fused-ring (bicyclic) bond motifs is 1. The number of hydrogen-bond acceptors (Lipinski definition) is 7. The third kappa shape index (κ3) is 3.44. The largest absolute Gasteiger partial charge is 0.495 e. The maximum atomic E-state index is 6.54. The van der Waals surface area contributed by atoms with E-state index in [4.69, 9.17) is 37.7 Å². The Hall–Kier alpha value is -3.23. The van der Waals surface area contributed by atoms with E-state index in [1.165, 1.54) is 20.5 Å². The Kier molecular flexibility index (Phi) is 5.52. The maximum Gasteiger partial charge on any atom is 0.214 e. The molecule has 0 radical (unpaired) electrons. The van der Waals surface area contributed by atoms with Crippen LogP contribution in [0.15, 0.2) is 42.7 Å². The minimum atomic E-state index is 0.306. The number of nitrogens with one attached hydrogen (secondary N) is 2. The molecule has 4 rings (SSSR count). The summed E-state index contributed by atoms with van der Waals surface area (Å²) in [5.74, 6) is 2.59. The highest BCUT2D eigenvalue weighted by atomic mass is 35.5. The van der Waals surface area contributed by atoms with Crippen molar-refractivity contribution in [3.63, 3.8) is 0 Å². The van der Waals surface area contributed by atoms with Gasteiger partial charge in [0.05, 0.1) is 30.9 Å². The summed E-state index contributed by atoms with van der Waals surface area (Å²) in [6.45, 7) is 0. The average Bonchev–Trinajstić information content (AvgIpc) is 3.15. The van der Waals surface area contributed by atoms with E-state index in [0.717, 1.165) is 11.0 Å². The number of halogens is 2. The van der Waals surface area contributed by atoms with Crippen LogP contribution in [0.1, 0.15) is 0 Å². The SMILES string of the molecule is CNc1cc(-n2c(Nc3c(Cl)c(OC)cc(OC)c3Cl)nc3ccccc32)ncn1. The van der Waals surface area contributed by atoms with Gasteiger partial charge < -0.3 is 20.1 Å². The first-order valence-corrected chi connectivity index (χ1v) is 9.67. The second kappa shape index (κ2) is 8.25. The molecule has 154 valence electrons. The standard InChI is InChI=1S/C20H18Cl2N6O2/c1-23-15-9-16(25-10-24-15)28-12-7-5-4-6-11(12)26-20(28)27-19-17(21)13(29-2)8-14(30-3)18(19)22/h4-10H,1-3H3,(H,26,27)(H,23,24,25). The maximum absolute atomic E-state index is 6.54. The van der Waals surface area contributed by atoms with Crippen LogP contribution in [0.4, 0.5) is 17.5 Å². The molecule has 0 amide bonds. The topological polar surface area (TPSA) is 86.1 Å². The van der Waals surface area contributed by atoms with Crippen molar-refractivity contribution < 1.29 is 9.47 Å². The number of benzene rings is 2. The summed E-state index contributed by atoms with van der Waals surface area (Å²) in [5, 5.41) is 6.86. The Morgan fingerprint density at radius 1 is 0.967 bits per heavy atom. The molecule has 2 aromatic heterocycles. The number of para-hydroxylation sites is 2. The van der Waals surface area contributed by atoms with Gasteiger partial charge in [-0.05, 0) is 12.1 Å². The van der Waals surface area contributed by atoms with E-state index in [1.54, 1.807) is 13.1 Å². The van der Waals surface area contributed by atoms with Crippen LogP contribution in [0.25, 0.3) is 16.9 Å². The normalized spacial score (nSPS) is 10.8. The lowest BCUT2D eigenvalue weighted by Gasteiger charge is -2.16. The van der Waals surface area contributed by atoms with Crippen LogP contribution in [-0.2, 0) is 0 Å². The molecule has 10 heteroatoms. The van der Waals surface area contributed by atoms with Gasteiger partial charge in [-0.2, -0.15) is 0 Å². The Bertz CT molecular complexity index is 1200. The molecule has 0 aliphatic heterocycles. The van der Waals surface area contributed by atoms with Crippen molar-refractivity contribution in [1.82, 2.24) is 19.5 Å². The Morgan fingerprint density at radius 3 is 2.33 bits per heavy atom. The van der Waals surface area contributed by atoms with Gasteiger partial charge in [0.2, 0.25) is 5.95 Å². The van der Waals surface area contributed by atoms with E-state index in [-0.39, 0.29) is 0 Å². The van der Waals surface area contributed by atoms with Crippen LogP contribution < -0.4 is 20.1 Å². The second-order valence-electron chi connectivity index (χ2n) is 6.18. The molecule has 0 saturated heterocycles. The molecule has 30 heavy (non-hydrogen) atoms. The monoisotopic (exact) mass is 444 g/mol. The van der Waals surface area contributed by atoms with E-state index in [0.29, 0.717) is 44.8 Å². The fraction of sp³-hybridized carbons (Fsp3) is 0.150. The van der Waals surface area contributed by atoms with Crippen molar-refractivity contribution >= 4 is 51.7 Å². The second-order valence-corrected chi connectivity index (χ2v) is 6.94. The van der Waals surface area contributed by atoms with Crippen molar-refractivity contribution in [1.29, 1.82) is 0 Å². The van der Waals surface area contributed by atoms with Gasteiger partial charge in [-0.15, -0.1) is 0 Å². The fourth-order valence-corrected chi connectivity index (χ4v) is 3.65. The Labute approximate surface area is 182 Å². The van der Waals surface area contributed by atoms with Crippen molar-refractivity contribution in [3.8, 4) is 17.3 Å². The lowest BCUT2D eigenvalue weighted by molar-refractivity contribution is 0.395. The number of aromatic nitrogens is 4. The zero-order valence-electron chi connectivity index (χ0n) is 16.4. The third-order valence-corrected chi connectivity index (χ3v) is 5.26. The summed E-state index contributed by atoms with van der Waals surface area (Å²) in [7, 11) is 4.83. The molecule has 0 bridgehead atoms. The van der Waals surface area contributed by atoms with E-state index >= 15 is 0 Å². The molecule has 0 fully saturated rings. The van der Waals surface area contributed by atoms with Gasteiger partial charge in [-0.25, -0.2) is 15.0 Å². The zero-order valence-corrected chi connectivity index (χ0v) is 17.9. The summed E-state index contributed by atoms with van der Waals surface area (Å²) >= 11 is 13.1. The predicted molar refractivity (Wildman–Crippen MR) is 119 cm³/mol. The van der Waals surface area contributed by atoms with E-state index < -0.39 is 0 Å². The van der Waals surface area contributed by atoms with Crippen molar-refractivity contribution in [2.75, 3.05) is 31.9 Å². The van der Waals surface area contributed by atoms with Crippen LogP contribution in [0, 0.1) is 0 Å². The van der Waals surface area contributed by atoms with Gasteiger partial charge in [-0.3, -0.25) is 4.57 Å². The van der Waals surface area contributed by atoms with E-state index in [9.17, 15) is 0 Å². The molecule has 0 aliphatic rings.